The van der Waals surface area contributed by atoms with E-state index in [1.807, 2.05) is 42.5 Å². The maximum absolute atomic E-state index is 16.0. The van der Waals surface area contributed by atoms with Crippen LogP contribution in [0.15, 0.2) is 72.8 Å². The molecule has 8 heteroatoms. The average molecular weight is 451 g/mol. The molecule has 1 aliphatic carbocycles. The Hall–Kier alpha value is -3.86. The molecule has 0 heterocycles. The van der Waals surface area contributed by atoms with E-state index in [2.05, 4.69) is 0 Å². The third kappa shape index (κ3) is 4.40. The summed E-state index contributed by atoms with van der Waals surface area (Å²) in [6.45, 7) is 0.291. The lowest BCUT2D eigenvalue weighted by atomic mass is 9.63. The van der Waals surface area contributed by atoms with Gasteiger partial charge in [0.25, 0.3) is 11.6 Å². The van der Waals surface area contributed by atoms with Gasteiger partial charge < -0.3 is 4.90 Å². The van der Waals surface area contributed by atoms with Gasteiger partial charge in [0, 0.05) is 37.6 Å². The highest BCUT2D eigenvalue weighted by atomic mass is 19.3. The summed E-state index contributed by atoms with van der Waals surface area (Å²) in [5.74, 6) is -4.08. The zero-order chi connectivity index (χ0) is 23.6. The Morgan fingerprint density at radius 2 is 1.45 bits per heavy atom. The molecule has 3 aromatic rings. The van der Waals surface area contributed by atoms with Crippen LogP contribution in [-0.4, -0.2) is 10.8 Å². The first kappa shape index (κ1) is 22.3. The van der Waals surface area contributed by atoms with Crippen molar-refractivity contribution in [2.75, 3.05) is 4.90 Å². The van der Waals surface area contributed by atoms with Crippen LogP contribution in [0.4, 0.5) is 24.5 Å². The number of nitro groups is 1. The summed E-state index contributed by atoms with van der Waals surface area (Å²) in [7, 11) is 0. The van der Waals surface area contributed by atoms with E-state index in [9.17, 15) is 24.2 Å². The molecule has 5 nitrogen and oxygen atoms in total. The van der Waals surface area contributed by atoms with Crippen LogP contribution in [-0.2, 0) is 18.5 Å². The second kappa shape index (κ2) is 8.58. The van der Waals surface area contributed by atoms with Gasteiger partial charge >= 0.3 is 0 Å². The molecule has 3 aromatic carbocycles. The Kier molecular flexibility index (Phi) is 5.81. The summed E-state index contributed by atoms with van der Waals surface area (Å²) in [6.07, 6.45) is -1.63. The van der Waals surface area contributed by atoms with E-state index >= 15 is 4.39 Å². The van der Waals surface area contributed by atoms with E-state index in [4.69, 9.17) is 0 Å². The van der Waals surface area contributed by atoms with Crippen LogP contribution in [0.2, 0.25) is 0 Å². The molecule has 1 aliphatic rings. The second-order valence-corrected chi connectivity index (χ2v) is 8.28. The minimum Gasteiger partial charge on any atom is -0.355 e. The van der Waals surface area contributed by atoms with E-state index in [-0.39, 0.29) is 24.3 Å². The molecular formula is C25H20F3N3O2. The number of nitrogens with zero attached hydrogens (tertiary/aromatic N) is 3. The largest absolute Gasteiger partial charge is 0.355 e. The van der Waals surface area contributed by atoms with E-state index in [0.717, 1.165) is 23.3 Å². The lowest BCUT2D eigenvalue weighted by molar-refractivity contribution is -0.384. The van der Waals surface area contributed by atoms with Crippen molar-refractivity contribution in [2.45, 2.75) is 37.3 Å². The monoisotopic (exact) mass is 451 g/mol. The third-order valence-corrected chi connectivity index (χ3v) is 5.89. The maximum Gasteiger partial charge on any atom is 0.295 e. The summed E-state index contributed by atoms with van der Waals surface area (Å²) in [4.78, 5) is 12.7. The van der Waals surface area contributed by atoms with Crippen molar-refractivity contribution in [1.29, 1.82) is 5.26 Å². The molecule has 0 atom stereocenters. The fraction of sp³-hybridized carbons (Fsp3) is 0.240. The van der Waals surface area contributed by atoms with Crippen LogP contribution < -0.4 is 4.90 Å². The van der Waals surface area contributed by atoms with Crippen LogP contribution in [0.1, 0.15) is 29.5 Å². The predicted molar refractivity (Wildman–Crippen MR) is 117 cm³/mol. The maximum atomic E-state index is 16.0. The first-order valence-electron chi connectivity index (χ1n) is 10.3. The Morgan fingerprint density at radius 3 is 1.88 bits per heavy atom. The summed E-state index contributed by atoms with van der Waals surface area (Å²) in [5.41, 5.74) is -1.17. The van der Waals surface area contributed by atoms with E-state index in [1.165, 1.54) is 4.90 Å². The van der Waals surface area contributed by atoms with Gasteiger partial charge in [-0.3, -0.25) is 10.1 Å². The van der Waals surface area contributed by atoms with Gasteiger partial charge in [-0.05, 0) is 17.2 Å². The van der Waals surface area contributed by atoms with Crippen LogP contribution in [0, 0.1) is 27.3 Å². The molecule has 1 saturated carbocycles. The van der Waals surface area contributed by atoms with Crippen LogP contribution >= 0.6 is 0 Å². The smallest absolute Gasteiger partial charge is 0.295 e. The molecule has 0 bridgehead atoms. The topological polar surface area (TPSA) is 70.2 Å². The van der Waals surface area contributed by atoms with Gasteiger partial charge in [-0.25, -0.2) is 13.2 Å². The highest BCUT2D eigenvalue weighted by Crippen LogP contribution is 2.55. The number of halogens is 3. The van der Waals surface area contributed by atoms with Crippen molar-refractivity contribution < 1.29 is 18.1 Å². The van der Waals surface area contributed by atoms with E-state index < -0.39 is 40.6 Å². The quantitative estimate of drug-likeness (QED) is 0.320. The molecular weight excluding hydrogens is 431 g/mol. The molecule has 0 N–H and O–H groups in total. The second-order valence-electron chi connectivity index (χ2n) is 8.28. The van der Waals surface area contributed by atoms with Crippen molar-refractivity contribution in [2.24, 2.45) is 0 Å². The minimum atomic E-state index is -3.07. The van der Waals surface area contributed by atoms with Crippen LogP contribution in [0.25, 0.3) is 0 Å². The number of benzene rings is 3. The van der Waals surface area contributed by atoms with Crippen molar-refractivity contribution >= 4 is 11.4 Å². The normalized spacial score (nSPS) is 15.8. The number of nitriles is 1. The summed E-state index contributed by atoms with van der Waals surface area (Å²) in [5, 5.41) is 21.5. The van der Waals surface area contributed by atoms with Gasteiger partial charge in [-0.2, -0.15) is 5.26 Å². The molecule has 4 rings (SSSR count). The molecule has 168 valence electrons. The van der Waals surface area contributed by atoms with E-state index in [0.29, 0.717) is 0 Å². The molecule has 0 saturated heterocycles. The summed E-state index contributed by atoms with van der Waals surface area (Å²) >= 11 is 0. The number of rotatable bonds is 7. The predicted octanol–water partition coefficient (Wildman–Crippen LogP) is 6.13. The van der Waals surface area contributed by atoms with Gasteiger partial charge in [0.05, 0.1) is 16.4 Å². The van der Waals surface area contributed by atoms with Gasteiger partial charge in [0.1, 0.15) is 0 Å². The zero-order valence-electron chi connectivity index (χ0n) is 17.5. The zero-order valence-corrected chi connectivity index (χ0v) is 17.5. The van der Waals surface area contributed by atoms with Crippen molar-refractivity contribution in [1.82, 2.24) is 0 Å². The van der Waals surface area contributed by atoms with Crippen molar-refractivity contribution in [3.8, 4) is 6.07 Å². The highest BCUT2D eigenvalue weighted by molar-refractivity contribution is 5.67. The van der Waals surface area contributed by atoms with Crippen LogP contribution in [0.5, 0.6) is 0 Å². The van der Waals surface area contributed by atoms with E-state index in [1.54, 1.807) is 24.3 Å². The Balaban J connectivity index is 1.85. The Morgan fingerprint density at radius 1 is 0.939 bits per heavy atom. The number of hydrogen-bond donors (Lipinski definition) is 0. The van der Waals surface area contributed by atoms with Crippen LogP contribution in [0.3, 0.4) is 0 Å². The lowest BCUT2D eigenvalue weighted by Gasteiger charge is -2.42. The molecule has 0 unspecified atom stereocenters. The molecule has 0 radical (unpaired) electrons. The third-order valence-electron chi connectivity index (χ3n) is 5.89. The first-order chi connectivity index (χ1) is 15.7. The first-order valence-corrected chi connectivity index (χ1v) is 10.3. The van der Waals surface area contributed by atoms with Gasteiger partial charge in [0.2, 0.25) is 0 Å². The molecule has 0 aliphatic heterocycles. The Bertz CT molecular complexity index is 1160. The summed E-state index contributed by atoms with van der Waals surface area (Å²) < 4.78 is 43.3. The van der Waals surface area contributed by atoms with Crippen molar-refractivity contribution in [3.05, 3.63) is 105 Å². The SMILES string of the molecule is N#CC1(c2ccc([N+](=O)[O-])c(N(Cc3ccccc3)Cc3ccccc3)c2F)CC(F)(F)C1. The van der Waals surface area contributed by atoms with Gasteiger partial charge in [0.15, 0.2) is 11.5 Å². The van der Waals surface area contributed by atoms with Crippen molar-refractivity contribution in [3.63, 3.8) is 0 Å². The fourth-order valence-corrected chi connectivity index (χ4v) is 4.35. The number of anilines is 1. The van der Waals surface area contributed by atoms with Gasteiger partial charge in [-0.15, -0.1) is 0 Å². The van der Waals surface area contributed by atoms with Gasteiger partial charge in [-0.1, -0.05) is 60.7 Å². The number of nitro benzene ring substituents is 1. The number of alkyl halides is 2. The minimum absolute atomic E-state index is 0.145. The molecule has 1 fully saturated rings. The molecule has 33 heavy (non-hydrogen) atoms. The molecule has 0 amide bonds. The molecule has 0 spiro atoms. The fourth-order valence-electron chi connectivity index (χ4n) is 4.35. The standard InChI is InChI=1S/C25H20F3N3O2/c26-22-20(24(17-29)15-25(27,28)16-24)11-12-21(31(32)33)23(22)30(13-18-7-3-1-4-8-18)14-19-9-5-2-6-10-19/h1-12H,13-16H2. The molecule has 0 aromatic heterocycles. The Labute approximate surface area is 188 Å². The summed E-state index contributed by atoms with van der Waals surface area (Å²) in [6, 6.07) is 22.1. The lowest BCUT2D eigenvalue weighted by Crippen LogP contribution is -2.49. The highest BCUT2D eigenvalue weighted by Gasteiger charge is 2.59. The number of hydrogen-bond acceptors (Lipinski definition) is 4. The average Bonchev–Trinajstić information content (AvgIpc) is 2.78.